The average Bonchev–Trinajstić information content (AvgIpc) is 2.65. The van der Waals surface area contributed by atoms with E-state index in [0.29, 0.717) is 16.9 Å². The Morgan fingerprint density at radius 2 is 1.70 bits per heavy atom. The molecule has 0 aromatic heterocycles. The largest absolute Gasteiger partial charge is 0.462 e. The molecule has 0 unspecified atom stereocenters. The predicted octanol–water partition coefficient (Wildman–Crippen LogP) is 4.55. The van der Waals surface area contributed by atoms with E-state index < -0.39 is 17.8 Å². The van der Waals surface area contributed by atoms with Crippen LogP contribution < -0.4 is 9.47 Å². The minimum Gasteiger partial charge on any atom is -0.462 e. The summed E-state index contributed by atoms with van der Waals surface area (Å²) in [5.41, 5.74) is 1.22. The van der Waals surface area contributed by atoms with Gasteiger partial charge in [-0.3, -0.25) is 0 Å². The van der Waals surface area contributed by atoms with Crippen LogP contribution in [0.25, 0.3) is 11.1 Å². The topological polar surface area (TPSA) is 61.8 Å². The maximum absolute atomic E-state index is 14.3. The van der Waals surface area contributed by atoms with Crippen molar-refractivity contribution in [1.29, 1.82) is 0 Å². The normalized spacial score (nSPS) is 10.3. The van der Waals surface area contributed by atoms with Crippen molar-refractivity contribution in [1.82, 2.24) is 0 Å². The summed E-state index contributed by atoms with van der Waals surface area (Å²) < 4.78 is 29.2. The second kappa shape index (κ2) is 9.15. The van der Waals surface area contributed by atoms with Crippen LogP contribution in [-0.4, -0.2) is 11.9 Å². The fourth-order valence-electron chi connectivity index (χ4n) is 1.96. The van der Waals surface area contributed by atoms with Gasteiger partial charge in [0, 0.05) is 23.3 Å². The van der Waals surface area contributed by atoms with Crippen LogP contribution >= 0.6 is 0 Å². The number of halogens is 1. The molecular formula is C21H17FO5. The van der Waals surface area contributed by atoms with Gasteiger partial charge in [-0.25, -0.2) is 14.0 Å². The molecule has 0 heterocycles. The monoisotopic (exact) mass is 368 g/mol. The van der Waals surface area contributed by atoms with Gasteiger partial charge in [-0.1, -0.05) is 25.3 Å². The summed E-state index contributed by atoms with van der Waals surface area (Å²) in [6.07, 6.45) is 3.31. The molecule has 0 fully saturated rings. The van der Waals surface area contributed by atoms with Crippen LogP contribution in [0.2, 0.25) is 0 Å². The van der Waals surface area contributed by atoms with Crippen molar-refractivity contribution in [2.75, 3.05) is 0 Å². The van der Waals surface area contributed by atoms with E-state index in [-0.39, 0.29) is 11.3 Å². The first-order chi connectivity index (χ1) is 12.9. The van der Waals surface area contributed by atoms with Gasteiger partial charge < -0.3 is 14.2 Å². The van der Waals surface area contributed by atoms with Crippen molar-refractivity contribution < 1.29 is 28.2 Å². The summed E-state index contributed by atoms with van der Waals surface area (Å²) in [6, 6.07) is 10.7. The molecule has 0 radical (unpaired) electrons. The fourth-order valence-corrected chi connectivity index (χ4v) is 1.96. The zero-order valence-electron chi connectivity index (χ0n) is 14.6. The molecule has 0 amide bonds. The van der Waals surface area contributed by atoms with Gasteiger partial charge in [-0.2, -0.15) is 0 Å². The van der Waals surface area contributed by atoms with Crippen LogP contribution in [0.15, 0.2) is 79.8 Å². The number of esters is 2. The Kier molecular flexibility index (Phi) is 6.66. The van der Waals surface area contributed by atoms with Crippen LogP contribution in [0.5, 0.6) is 11.5 Å². The Bertz CT molecular complexity index is 897. The summed E-state index contributed by atoms with van der Waals surface area (Å²) in [6.45, 7) is 8.27. The zero-order valence-corrected chi connectivity index (χ0v) is 14.6. The molecule has 0 spiro atoms. The molecule has 2 rings (SSSR count). The molecule has 0 aliphatic carbocycles. The number of hydrogen-bond donors (Lipinski definition) is 0. The van der Waals surface area contributed by atoms with Crippen LogP contribution in [0.1, 0.15) is 6.92 Å². The van der Waals surface area contributed by atoms with Gasteiger partial charge >= 0.3 is 11.9 Å². The van der Waals surface area contributed by atoms with Crippen molar-refractivity contribution in [2.45, 2.75) is 6.92 Å². The number of benzene rings is 2. The standard InChI is InChI=1S/C21H17FO5/c1-4-20(23)27-17-9-10-18(19(22)13-17)15-5-7-16(8-6-15)25-11-12-26-21(24)14(2)3/h4-13H,1-2H2,3H3. The van der Waals surface area contributed by atoms with Gasteiger partial charge in [-0.05, 0) is 36.8 Å². The van der Waals surface area contributed by atoms with Crippen molar-refractivity contribution in [3.05, 3.63) is 85.6 Å². The van der Waals surface area contributed by atoms with E-state index in [4.69, 9.17) is 14.2 Å². The van der Waals surface area contributed by atoms with Crippen LogP contribution in [0, 0.1) is 5.82 Å². The third kappa shape index (κ3) is 5.67. The van der Waals surface area contributed by atoms with Gasteiger partial charge in [0.2, 0.25) is 0 Å². The van der Waals surface area contributed by atoms with Gasteiger partial charge in [0.05, 0.1) is 0 Å². The molecule has 0 saturated carbocycles. The molecule has 0 aliphatic heterocycles. The Labute approximate surface area is 156 Å². The van der Waals surface area contributed by atoms with Gasteiger partial charge in [0.15, 0.2) is 0 Å². The number of carbonyl (C=O) groups excluding carboxylic acids is 2. The molecule has 2 aromatic rings. The Hall–Kier alpha value is -3.67. The first kappa shape index (κ1) is 19.7. The molecule has 2 aromatic carbocycles. The molecule has 0 saturated heterocycles. The molecule has 6 heteroatoms. The summed E-state index contributed by atoms with van der Waals surface area (Å²) >= 11 is 0. The lowest BCUT2D eigenvalue weighted by Crippen LogP contribution is -2.03. The van der Waals surface area contributed by atoms with Crippen molar-refractivity contribution in [2.24, 2.45) is 0 Å². The highest BCUT2D eigenvalue weighted by molar-refractivity contribution is 5.87. The van der Waals surface area contributed by atoms with Gasteiger partial charge in [0.1, 0.15) is 29.8 Å². The quantitative estimate of drug-likeness (QED) is 0.310. The van der Waals surface area contributed by atoms with E-state index in [1.54, 1.807) is 24.3 Å². The van der Waals surface area contributed by atoms with E-state index in [1.807, 2.05) is 0 Å². The molecule has 0 N–H and O–H groups in total. The van der Waals surface area contributed by atoms with E-state index in [2.05, 4.69) is 13.2 Å². The number of hydrogen-bond acceptors (Lipinski definition) is 5. The van der Waals surface area contributed by atoms with Crippen LogP contribution in [0.3, 0.4) is 0 Å². The highest BCUT2D eigenvalue weighted by Crippen LogP contribution is 2.28. The van der Waals surface area contributed by atoms with E-state index in [9.17, 15) is 14.0 Å². The van der Waals surface area contributed by atoms with Crippen molar-refractivity contribution in [3.8, 4) is 22.6 Å². The smallest absolute Gasteiger partial charge is 0.338 e. The average molecular weight is 368 g/mol. The third-order valence-electron chi connectivity index (χ3n) is 3.27. The highest BCUT2D eigenvalue weighted by Gasteiger charge is 2.09. The third-order valence-corrected chi connectivity index (χ3v) is 3.27. The maximum atomic E-state index is 14.3. The zero-order chi connectivity index (χ0) is 19.8. The van der Waals surface area contributed by atoms with Crippen LogP contribution in [-0.2, 0) is 14.3 Å². The Morgan fingerprint density at radius 1 is 1.04 bits per heavy atom. The summed E-state index contributed by atoms with van der Waals surface area (Å²) in [5.74, 6) is -1.19. The van der Waals surface area contributed by atoms with E-state index in [0.717, 1.165) is 18.4 Å². The second-order valence-corrected chi connectivity index (χ2v) is 5.37. The lowest BCUT2D eigenvalue weighted by molar-refractivity contribution is -0.133. The van der Waals surface area contributed by atoms with E-state index in [1.165, 1.54) is 25.3 Å². The summed E-state index contributed by atoms with van der Waals surface area (Å²) in [5, 5.41) is 0. The minimum atomic E-state index is -0.661. The first-order valence-corrected chi connectivity index (χ1v) is 7.83. The van der Waals surface area contributed by atoms with Crippen molar-refractivity contribution in [3.63, 3.8) is 0 Å². The number of carbonyl (C=O) groups is 2. The lowest BCUT2D eigenvalue weighted by atomic mass is 10.0. The lowest BCUT2D eigenvalue weighted by Gasteiger charge is -2.07. The summed E-state index contributed by atoms with van der Waals surface area (Å²) in [7, 11) is 0. The van der Waals surface area contributed by atoms with Gasteiger partial charge in [0.25, 0.3) is 0 Å². The molecule has 0 atom stereocenters. The second-order valence-electron chi connectivity index (χ2n) is 5.37. The SMILES string of the molecule is C=CC(=O)Oc1ccc(-c2ccc(OC=COC(=O)C(=C)C)cc2)c(F)c1. The Balaban J connectivity index is 2.03. The predicted molar refractivity (Wildman–Crippen MR) is 98.3 cm³/mol. The Morgan fingerprint density at radius 3 is 2.30 bits per heavy atom. The molecule has 138 valence electrons. The van der Waals surface area contributed by atoms with Crippen LogP contribution in [0.4, 0.5) is 4.39 Å². The maximum Gasteiger partial charge on any atom is 0.338 e. The molecule has 27 heavy (non-hydrogen) atoms. The first-order valence-electron chi connectivity index (χ1n) is 7.83. The molecular weight excluding hydrogens is 351 g/mol. The van der Waals surface area contributed by atoms with Gasteiger partial charge in [-0.15, -0.1) is 0 Å². The minimum absolute atomic E-state index is 0.0931. The fraction of sp³-hybridized carbons (Fsp3) is 0.0476. The highest BCUT2D eigenvalue weighted by atomic mass is 19.1. The molecule has 5 nitrogen and oxygen atoms in total. The van der Waals surface area contributed by atoms with E-state index >= 15 is 0 Å². The number of rotatable bonds is 7. The number of ether oxygens (including phenoxy) is 3. The molecule has 0 bridgehead atoms. The summed E-state index contributed by atoms with van der Waals surface area (Å²) in [4.78, 5) is 22.3. The van der Waals surface area contributed by atoms with Crippen molar-refractivity contribution >= 4 is 11.9 Å². The molecule has 0 aliphatic rings.